The number of amides is 1. The molecule has 0 aliphatic rings. The number of thiazole rings is 1. The fraction of sp³-hybridized carbons (Fsp3) is 0.158. The second-order valence-corrected chi connectivity index (χ2v) is 7.01. The van der Waals surface area contributed by atoms with Gasteiger partial charge in [0.2, 0.25) is 0 Å². The summed E-state index contributed by atoms with van der Waals surface area (Å²) in [6.07, 6.45) is 0. The number of fused-ring (bicyclic) bond motifs is 2. The minimum atomic E-state index is -0.0746. The third-order valence-electron chi connectivity index (χ3n) is 4.31. The van der Waals surface area contributed by atoms with Crippen LogP contribution in [-0.4, -0.2) is 15.9 Å². The number of H-pyrrole nitrogens is 1. The van der Waals surface area contributed by atoms with Gasteiger partial charge in [-0.2, -0.15) is 0 Å². The lowest BCUT2D eigenvalue weighted by Gasteiger charge is -2.04. The number of carbonyl (C=O) groups excluding carboxylic acids is 1. The molecule has 0 spiro atoms. The molecule has 0 saturated carbocycles. The van der Waals surface area contributed by atoms with Crippen LogP contribution in [0.2, 0.25) is 0 Å². The average molecular weight is 335 g/mol. The lowest BCUT2D eigenvalue weighted by atomic mass is 10.1. The number of rotatable bonds is 3. The van der Waals surface area contributed by atoms with Crippen LogP contribution in [-0.2, 0) is 6.54 Å². The van der Waals surface area contributed by atoms with Crippen LogP contribution in [0.25, 0.3) is 21.1 Å². The Morgan fingerprint density at radius 1 is 1.21 bits per heavy atom. The first-order valence-corrected chi connectivity index (χ1v) is 8.65. The number of benzene rings is 2. The molecule has 2 N–H and O–H groups in total. The van der Waals surface area contributed by atoms with Crippen LogP contribution in [0.5, 0.6) is 0 Å². The van der Waals surface area contributed by atoms with Gasteiger partial charge in [0.15, 0.2) is 0 Å². The summed E-state index contributed by atoms with van der Waals surface area (Å²) in [6.45, 7) is 4.56. The van der Waals surface area contributed by atoms with Crippen molar-refractivity contribution in [2.24, 2.45) is 0 Å². The number of nitrogens with one attached hydrogen (secondary N) is 2. The zero-order valence-electron chi connectivity index (χ0n) is 13.5. The van der Waals surface area contributed by atoms with E-state index in [1.54, 1.807) is 11.3 Å². The molecule has 1 amide bonds. The van der Waals surface area contributed by atoms with Gasteiger partial charge in [-0.1, -0.05) is 12.1 Å². The highest BCUT2D eigenvalue weighted by molar-refractivity contribution is 7.18. The number of hydrogen-bond donors (Lipinski definition) is 2. The molecule has 4 rings (SSSR count). The standard InChI is InChI=1S/C19H17N3OS/c1-11-12(2)21-15-8-7-13(9-14(11)15)19(23)20-10-18-22-16-5-3-4-6-17(16)24-18/h3-9,21H,10H2,1-2H3,(H,20,23). The van der Waals surface area contributed by atoms with E-state index in [4.69, 9.17) is 0 Å². The summed E-state index contributed by atoms with van der Waals surface area (Å²) < 4.78 is 1.14. The van der Waals surface area contributed by atoms with Gasteiger partial charge >= 0.3 is 0 Å². The van der Waals surface area contributed by atoms with Gasteiger partial charge < -0.3 is 10.3 Å². The Balaban J connectivity index is 1.54. The van der Waals surface area contributed by atoms with Crippen LogP contribution in [0.15, 0.2) is 42.5 Å². The molecular weight excluding hydrogens is 318 g/mol. The summed E-state index contributed by atoms with van der Waals surface area (Å²) in [6, 6.07) is 13.8. The second kappa shape index (κ2) is 5.76. The maximum absolute atomic E-state index is 12.5. The third-order valence-corrected chi connectivity index (χ3v) is 5.35. The van der Waals surface area contributed by atoms with E-state index in [0.29, 0.717) is 12.1 Å². The fourth-order valence-electron chi connectivity index (χ4n) is 2.86. The highest BCUT2D eigenvalue weighted by atomic mass is 32.1. The molecule has 4 nitrogen and oxygen atoms in total. The number of para-hydroxylation sites is 1. The predicted molar refractivity (Wildman–Crippen MR) is 98.6 cm³/mol. The van der Waals surface area contributed by atoms with Gasteiger partial charge in [-0.3, -0.25) is 4.79 Å². The van der Waals surface area contributed by atoms with Crippen molar-refractivity contribution in [3.05, 3.63) is 64.3 Å². The molecule has 0 radical (unpaired) electrons. The maximum Gasteiger partial charge on any atom is 0.251 e. The maximum atomic E-state index is 12.5. The summed E-state index contributed by atoms with van der Waals surface area (Å²) in [5.74, 6) is -0.0746. The zero-order chi connectivity index (χ0) is 16.7. The van der Waals surface area contributed by atoms with Crippen LogP contribution in [0.4, 0.5) is 0 Å². The van der Waals surface area contributed by atoms with Crippen LogP contribution >= 0.6 is 11.3 Å². The quantitative estimate of drug-likeness (QED) is 0.585. The summed E-state index contributed by atoms with van der Waals surface area (Å²) in [7, 11) is 0. The van der Waals surface area contributed by atoms with Crippen molar-refractivity contribution in [3.63, 3.8) is 0 Å². The van der Waals surface area contributed by atoms with E-state index >= 15 is 0 Å². The van der Waals surface area contributed by atoms with Crippen molar-refractivity contribution >= 4 is 38.4 Å². The largest absolute Gasteiger partial charge is 0.358 e. The van der Waals surface area contributed by atoms with Crippen molar-refractivity contribution in [1.82, 2.24) is 15.3 Å². The Bertz CT molecular complexity index is 1030. The number of carbonyl (C=O) groups is 1. The van der Waals surface area contributed by atoms with Gasteiger partial charge in [0.05, 0.1) is 16.8 Å². The molecule has 0 aliphatic carbocycles. The van der Waals surface area contributed by atoms with Crippen LogP contribution < -0.4 is 5.32 Å². The Labute approximate surface area is 143 Å². The minimum absolute atomic E-state index is 0.0746. The summed E-state index contributed by atoms with van der Waals surface area (Å²) in [5, 5.41) is 4.98. The predicted octanol–water partition coefficient (Wildman–Crippen LogP) is 4.32. The minimum Gasteiger partial charge on any atom is -0.358 e. The van der Waals surface area contributed by atoms with E-state index in [1.807, 2.05) is 49.4 Å². The van der Waals surface area contributed by atoms with Crippen LogP contribution in [0, 0.1) is 13.8 Å². The van der Waals surface area contributed by atoms with Crippen molar-refractivity contribution < 1.29 is 4.79 Å². The fourth-order valence-corrected chi connectivity index (χ4v) is 3.76. The number of aromatic amines is 1. The first kappa shape index (κ1) is 14.9. The van der Waals surface area contributed by atoms with E-state index in [2.05, 4.69) is 22.2 Å². The Morgan fingerprint density at radius 2 is 2.04 bits per heavy atom. The summed E-state index contributed by atoms with van der Waals surface area (Å²) in [4.78, 5) is 20.3. The summed E-state index contributed by atoms with van der Waals surface area (Å²) in [5.41, 5.74) is 5.04. The number of hydrogen-bond acceptors (Lipinski definition) is 3. The summed E-state index contributed by atoms with van der Waals surface area (Å²) >= 11 is 1.61. The Hall–Kier alpha value is -2.66. The van der Waals surface area contributed by atoms with Gasteiger partial charge in [-0.05, 0) is 49.7 Å². The average Bonchev–Trinajstić information content (AvgIpc) is 3.13. The second-order valence-electron chi connectivity index (χ2n) is 5.89. The molecule has 2 heterocycles. The van der Waals surface area contributed by atoms with Gasteiger partial charge in [0, 0.05) is 22.2 Å². The molecule has 0 atom stereocenters. The van der Waals surface area contributed by atoms with Gasteiger partial charge in [-0.15, -0.1) is 11.3 Å². The molecule has 0 bridgehead atoms. The molecule has 120 valence electrons. The third kappa shape index (κ3) is 2.57. The van der Waals surface area contributed by atoms with Crippen molar-refractivity contribution in [2.45, 2.75) is 20.4 Å². The smallest absolute Gasteiger partial charge is 0.251 e. The molecule has 2 aromatic heterocycles. The van der Waals surface area contributed by atoms with Gasteiger partial charge in [0.1, 0.15) is 5.01 Å². The molecule has 24 heavy (non-hydrogen) atoms. The van der Waals surface area contributed by atoms with Crippen LogP contribution in [0.3, 0.4) is 0 Å². The molecule has 0 fully saturated rings. The number of aromatic nitrogens is 2. The number of aryl methyl sites for hydroxylation is 2. The molecule has 5 heteroatoms. The van der Waals surface area contributed by atoms with E-state index in [0.717, 1.165) is 31.8 Å². The SMILES string of the molecule is Cc1[nH]c2ccc(C(=O)NCc3nc4ccccc4s3)cc2c1C. The van der Waals surface area contributed by atoms with Gasteiger partial charge in [0.25, 0.3) is 5.91 Å². The van der Waals surface area contributed by atoms with Crippen molar-refractivity contribution in [3.8, 4) is 0 Å². The normalized spacial score (nSPS) is 11.2. The van der Waals surface area contributed by atoms with Gasteiger partial charge in [-0.25, -0.2) is 4.98 Å². The van der Waals surface area contributed by atoms with E-state index in [9.17, 15) is 4.79 Å². The van der Waals surface area contributed by atoms with E-state index < -0.39 is 0 Å². The Morgan fingerprint density at radius 3 is 2.88 bits per heavy atom. The van der Waals surface area contributed by atoms with E-state index in [1.165, 1.54) is 5.56 Å². The lowest BCUT2D eigenvalue weighted by Crippen LogP contribution is -2.22. The molecular formula is C19H17N3OS. The molecule has 0 aliphatic heterocycles. The van der Waals surface area contributed by atoms with E-state index in [-0.39, 0.29) is 5.91 Å². The highest BCUT2D eigenvalue weighted by Gasteiger charge is 2.11. The lowest BCUT2D eigenvalue weighted by molar-refractivity contribution is 0.0951. The van der Waals surface area contributed by atoms with Crippen molar-refractivity contribution in [2.75, 3.05) is 0 Å². The first-order chi connectivity index (χ1) is 11.6. The first-order valence-electron chi connectivity index (χ1n) is 7.83. The number of nitrogens with zero attached hydrogens (tertiary/aromatic N) is 1. The Kier molecular flexibility index (Phi) is 3.58. The molecule has 0 saturated heterocycles. The topological polar surface area (TPSA) is 57.8 Å². The molecule has 2 aromatic carbocycles. The highest BCUT2D eigenvalue weighted by Crippen LogP contribution is 2.23. The molecule has 4 aromatic rings. The molecule has 0 unspecified atom stereocenters. The monoisotopic (exact) mass is 335 g/mol. The zero-order valence-corrected chi connectivity index (χ0v) is 14.3. The van der Waals surface area contributed by atoms with Crippen LogP contribution in [0.1, 0.15) is 26.6 Å². The van der Waals surface area contributed by atoms with Crippen molar-refractivity contribution in [1.29, 1.82) is 0 Å².